The molecule has 3 heterocycles. The maximum atomic E-state index is 13.2. The minimum atomic E-state index is -0.943. The van der Waals surface area contributed by atoms with Crippen LogP contribution >= 0.6 is 0 Å². The molecule has 2 aliphatic rings. The third kappa shape index (κ3) is 4.02. The maximum Gasteiger partial charge on any atom is 0.325 e. The zero-order valence-corrected chi connectivity index (χ0v) is 17.8. The molecule has 1 atom stereocenters. The SMILES string of the molecule is COc1ccc(CCN2C(=O)NC(C)(C3CCN(C(=O)c4ccoc4)CC3)C2=O)cc1. The van der Waals surface area contributed by atoms with Gasteiger partial charge in [0.05, 0.1) is 18.9 Å². The third-order valence-corrected chi connectivity index (χ3v) is 6.45. The number of hydrogen-bond acceptors (Lipinski definition) is 5. The molecule has 4 rings (SSSR count). The van der Waals surface area contributed by atoms with E-state index in [9.17, 15) is 14.4 Å². The number of carbonyl (C=O) groups excluding carboxylic acids is 3. The van der Waals surface area contributed by atoms with Crippen LogP contribution in [0.3, 0.4) is 0 Å². The molecule has 0 aliphatic carbocycles. The Labute approximate surface area is 181 Å². The molecule has 2 saturated heterocycles. The van der Waals surface area contributed by atoms with E-state index in [2.05, 4.69) is 5.32 Å². The van der Waals surface area contributed by atoms with Crippen LogP contribution in [-0.4, -0.2) is 59.9 Å². The van der Waals surface area contributed by atoms with E-state index in [1.165, 1.54) is 17.4 Å². The summed E-state index contributed by atoms with van der Waals surface area (Å²) in [4.78, 5) is 41.4. The number of furan rings is 1. The number of imide groups is 1. The molecule has 2 aliphatic heterocycles. The van der Waals surface area contributed by atoms with Crippen molar-refractivity contribution in [2.75, 3.05) is 26.7 Å². The summed E-state index contributed by atoms with van der Waals surface area (Å²) in [5.74, 6) is 0.484. The first kappa shape index (κ1) is 21.0. The van der Waals surface area contributed by atoms with E-state index in [-0.39, 0.29) is 23.8 Å². The molecule has 1 N–H and O–H groups in total. The van der Waals surface area contributed by atoms with Crippen LogP contribution in [0.5, 0.6) is 5.75 Å². The number of amides is 4. The van der Waals surface area contributed by atoms with Crippen molar-refractivity contribution < 1.29 is 23.5 Å². The third-order valence-electron chi connectivity index (χ3n) is 6.45. The van der Waals surface area contributed by atoms with Crippen LogP contribution in [0.4, 0.5) is 4.79 Å². The lowest BCUT2D eigenvalue weighted by atomic mass is 9.78. The lowest BCUT2D eigenvalue weighted by molar-refractivity contribution is -0.133. The van der Waals surface area contributed by atoms with E-state index in [4.69, 9.17) is 9.15 Å². The molecule has 2 aromatic rings. The number of hydrogen-bond donors (Lipinski definition) is 1. The van der Waals surface area contributed by atoms with Gasteiger partial charge in [0.2, 0.25) is 0 Å². The number of urea groups is 1. The molecule has 1 aromatic carbocycles. The monoisotopic (exact) mass is 425 g/mol. The van der Waals surface area contributed by atoms with Gasteiger partial charge in [0, 0.05) is 19.6 Å². The predicted octanol–water partition coefficient (Wildman–Crippen LogP) is 2.69. The summed E-state index contributed by atoms with van der Waals surface area (Å²) in [5.41, 5.74) is 0.614. The van der Waals surface area contributed by atoms with E-state index in [0.29, 0.717) is 44.5 Å². The van der Waals surface area contributed by atoms with Gasteiger partial charge in [0.25, 0.3) is 11.8 Å². The van der Waals surface area contributed by atoms with E-state index in [1.807, 2.05) is 24.3 Å². The summed E-state index contributed by atoms with van der Waals surface area (Å²) >= 11 is 0. The Morgan fingerprint density at radius 1 is 1.19 bits per heavy atom. The fraction of sp³-hybridized carbons (Fsp3) is 0.435. The van der Waals surface area contributed by atoms with E-state index < -0.39 is 5.54 Å². The fourth-order valence-corrected chi connectivity index (χ4v) is 4.46. The van der Waals surface area contributed by atoms with Crippen LogP contribution in [0, 0.1) is 5.92 Å². The number of ether oxygens (including phenoxy) is 1. The Bertz CT molecular complexity index is 948. The molecule has 0 spiro atoms. The highest BCUT2D eigenvalue weighted by atomic mass is 16.5. The Balaban J connectivity index is 1.36. The minimum Gasteiger partial charge on any atom is -0.497 e. The molecular formula is C23H27N3O5. The van der Waals surface area contributed by atoms with Crippen LogP contribution < -0.4 is 10.1 Å². The number of benzene rings is 1. The van der Waals surface area contributed by atoms with E-state index in [0.717, 1.165) is 11.3 Å². The molecule has 0 bridgehead atoms. The number of nitrogens with one attached hydrogen (secondary N) is 1. The number of rotatable bonds is 6. The first-order valence-corrected chi connectivity index (χ1v) is 10.5. The summed E-state index contributed by atoms with van der Waals surface area (Å²) in [6.07, 6.45) is 4.80. The zero-order chi connectivity index (χ0) is 22.0. The van der Waals surface area contributed by atoms with Crippen LogP contribution in [-0.2, 0) is 11.2 Å². The normalized spacial score (nSPS) is 22.0. The molecule has 8 nitrogen and oxygen atoms in total. The van der Waals surface area contributed by atoms with Crippen LogP contribution in [0.2, 0.25) is 0 Å². The average molecular weight is 425 g/mol. The van der Waals surface area contributed by atoms with Crippen LogP contribution in [0.1, 0.15) is 35.7 Å². The van der Waals surface area contributed by atoms with E-state index >= 15 is 0 Å². The van der Waals surface area contributed by atoms with Crippen molar-refractivity contribution in [1.82, 2.24) is 15.1 Å². The van der Waals surface area contributed by atoms with Gasteiger partial charge in [-0.2, -0.15) is 0 Å². The molecular weight excluding hydrogens is 398 g/mol. The van der Waals surface area contributed by atoms with Gasteiger partial charge in [-0.05, 0) is 55.9 Å². The Morgan fingerprint density at radius 2 is 1.90 bits per heavy atom. The number of nitrogens with zero attached hydrogens (tertiary/aromatic N) is 2. The Hall–Kier alpha value is -3.29. The highest BCUT2D eigenvalue weighted by Crippen LogP contribution is 2.34. The second kappa shape index (κ2) is 8.45. The second-order valence-electron chi connectivity index (χ2n) is 8.27. The van der Waals surface area contributed by atoms with Gasteiger partial charge < -0.3 is 19.4 Å². The highest BCUT2D eigenvalue weighted by Gasteiger charge is 2.52. The first-order valence-electron chi connectivity index (χ1n) is 10.5. The zero-order valence-electron chi connectivity index (χ0n) is 17.8. The van der Waals surface area contributed by atoms with Crippen LogP contribution in [0.25, 0.3) is 0 Å². The molecule has 1 unspecified atom stereocenters. The largest absolute Gasteiger partial charge is 0.497 e. The summed E-state index contributed by atoms with van der Waals surface area (Å²) in [5, 5.41) is 2.92. The minimum absolute atomic E-state index is 0.0247. The van der Waals surface area contributed by atoms with Gasteiger partial charge in [0.15, 0.2) is 0 Å². The molecule has 2 fully saturated rings. The number of carbonyl (C=O) groups is 3. The molecule has 0 radical (unpaired) electrons. The predicted molar refractivity (Wildman–Crippen MR) is 113 cm³/mol. The van der Waals surface area contributed by atoms with Crippen molar-refractivity contribution in [3.8, 4) is 5.75 Å². The van der Waals surface area contributed by atoms with Gasteiger partial charge >= 0.3 is 6.03 Å². The van der Waals surface area contributed by atoms with E-state index in [1.54, 1.807) is 25.0 Å². The quantitative estimate of drug-likeness (QED) is 0.719. The second-order valence-corrected chi connectivity index (χ2v) is 8.27. The first-order chi connectivity index (χ1) is 14.9. The van der Waals surface area contributed by atoms with Gasteiger partial charge in [-0.1, -0.05) is 12.1 Å². The Kier molecular flexibility index (Phi) is 5.71. The lowest BCUT2D eigenvalue weighted by Gasteiger charge is -2.38. The summed E-state index contributed by atoms with van der Waals surface area (Å²) in [7, 11) is 1.61. The number of likely N-dealkylation sites (tertiary alicyclic amines) is 1. The summed E-state index contributed by atoms with van der Waals surface area (Å²) < 4.78 is 10.2. The topological polar surface area (TPSA) is 92.1 Å². The smallest absolute Gasteiger partial charge is 0.325 e. The van der Waals surface area contributed by atoms with Crippen LogP contribution in [0.15, 0.2) is 47.3 Å². The van der Waals surface area contributed by atoms with Crippen molar-refractivity contribution in [1.29, 1.82) is 0 Å². The number of piperidine rings is 1. The number of methoxy groups -OCH3 is 1. The highest BCUT2D eigenvalue weighted by molar-refractivity contribution is 6.07. The van der Waals surface area contributed by atoms with Gasteiger partial charge in [0.1, 0.15) is 17.6 Å². The maximum absolute atomic E-state index is 13.2. The summed E-state index contributed by atoms with van der Waals surface area (Å²) in [6.45, 7) is 3.21. The fourth-order valence-electron chi connectivity index (χ4n) is 4.46. The standard InChI is InChI=1S/C23H27N3O5/c1-23(18-8-11-25(12-9-18)20(27)17-10-14-31-15-17)21(28)26(22(29)24-23)13-7-16-3-5-19(30-2)6-4-16/h3-6,10,14-15,18H,7-9,11-13H2,1-2H3,(H,24,29). The molecule has 0 saturated carbocycles. The van der Waals surface area contributed by atoms with Crippen molar-refractivity contribution in [3.05, 3.63) is 54.0 Å². The molecule has 4 amide bonds. The molecule has 1 aromatic heterocycles. The summed E-state index contributed by atoms with van der Waals surface area (Å²) in [6, 6.07) is 8.90. The van der Waals surface area contributed by atoms with Crippen molar-refractivity contribution in [3.63, 3.8) is 0 Å². The average Bonchev–Trinajstić information content (AvgIpc) is 3.40. The van der Waals surface area contributed by atoms with Crippen molar-refractivity contribution in [2.45, 2.75) is 31.7 Å². The lowest BCUT2D eigenvalue weighted by Crippen LogP contribution is -2.54. The van der Waals surface area contributed by atoms with Crippen molar-refractivity contribution in [2.24, 2.45) is 5.92 Å². The van der Waals surface area contributed by atoms with Gasteiger partial charge in [-0.3, -0.25) is 14.5 Å². The van der Waals surface area contributed by atoms with Gasteiger partial charge in [-0.15, -0.1) is 0 Å². The molecule has 164 valence electrons. The van der Waals surface area contributed by atoms with Gasteiger partial charge in [-0.25, -0.2) is 4.79 Å². The molecule has 31 heavy (non-hydrogen) atoms. The molecule has 8 heteroatoms. The Morgan fingerprint density at radius 3 is 2.52 bits per heavy atom. The van der Waals surface area contributed by atoms with Crippen molar-refractivity contribution >= 4 is 17.8 Å².